The third-order valence-electron chi connectivity index (χ3n) is 6.11. The Hall–Kier alpha value is -2.30. The van der Waals surface area contributed by atoms with Crippen LogP contribution < -0.4 is 24.6 Å². The summed E-state index contributed by atoms with van der Waals surface area (Å²) < 4.78 is 10.5. The quantitative estimate of drug-likeness (QED) is 0.621. The Bertz CT molecular complexity index is 717. The number of nitrogens with zero attached hydrogens (tertiary/aromatic N) is 1. The number of hydrogen-bond donors (Lipinski definition) is 3. The Balaban J connectivity index is 1.54. The molecule has 1 aliphatic carbocycles. The molecule has 7 nitrogen and oxygen atoms in total. The average molecular weight is 389 g/mol. The zero-order valence-corrected chi connectivity index (χ0v) is 17.0. The van der Waals surface area contributed by atoms with Gasteiger partial charge in [0.15, 0.2) is 18.0 Å². The van der Waals surface area contributed by atoms with Crippen molar-refractivity contribution < 1.29 is 24.1 Å². The monoisotopic (exact) mass is 388 g/mol. The van der Waals surface area contributed by atoms with E-state index in [1.54, 1.807) is 17.0 Å². The number of amides is 1. The number of methoxy groups -OCH3 is 2. The van der Waals surface area contributed by atoms with Crippen LogP contribution in [0.3, 0.4) is 0 Å². The number of rotatable bonds is 6. The maximum absolute atomic E-state index is 12.6. The van der Waals surface area contributed by atoms with Crippen LogP contribution in [0.1, 0.15) is 37.7 Å². The van der Waals surface area contributed by atoms with Crippen LogP contribution in [0.25, 0.3) is 0 Å². The van der Waals surface area contributed by atoms with Gasteiger partial charge in [0.25, 0.3) is 5.91 Å². The number of hydrogen-bond acceptors (Lipinski definition) is 4. The fourth-order valence-electron chi connectivity index (χ4n) is 4.52. The van der Waals surface area contributed by atoms with E-state index in [0.717, 1.165) is 32.2 Å². The van der Waals surface area contributed by atoms with Crippen molar-refractivity contribution in [2.24, 2.45) is 0 Å². The van der Waals surface area contributed by atoms with E-state index in [1.165, 1.54) is 51.2 Å². The van der Waals surface area contributed by atoms with Crippen molar-refractivity contribution in [2.45, 2.75) is 38.1 Å². The summed E-state index contributed by atoms with van der Waals surface area (Å²) in [6, 6.07) is 6.18. The van der Waals surface area contributed by atoms with Crippen molar-refractivity contribution in [3.05, 3.63) is 17.7 Å². The van der Waals surface area contributed by atoms with E-state index < -0.39 is 0 Å². The fraction of sp³-hybridized carbons (Fsp3) is 0.619. The standard InChI is InChI=1S/C21H30N4O3/c1-27-19-12-16(14-22)18(13-20(19)28-2)23-21(26)15-24-8-10-25(11-9-24)17-6-4-3-5-7-17/h12-13,17H,3-11,15H2,1-2H3,(H,23,26)/p+2. The van der Waals surface area contributed by atoms with Crippen LogP contribution in [0.4, 0.5) is 5.69 Å². The highest BCUT2D eigenvalue weighted by Gasteiger charge is 2.31. The minimum absolute atomic E-state index is 0.0696. The molecule has 0 bridgehead atoms. The van der Waals surface area contributed by atoms with E-state index >= 15 is 0 Å². The Labute approximate surface area is 167 Å². The lowest BCUT2D eigenvalue weighted by atomic mass is 9.94. The van der Waals surface area contributed by atoms with Gasteiger partial charge in [-0.3, -0.25) is 4.79 Å². The van der Waals surface area contributed by atoms with Crippen LogP contribution in [0.2, 0.25) is 0 Å². The predicted octanol–water partition coefficient (Wildman–Crippen LogP) is -0.370. The van der Waals surface area contributed by atoms with Crippen LogP contribution in [0.15, 0.2) is 12.1 Å². The summed E-state index contributed by atoms with van der Waals surface area (Å²) in [4.78, 5) is 15.6. The first-order valence-electron chi connectivity index (χ1n) is 10.3. The molecule has 0 radical (unpaired) electrons. The normalized spacial score (nSPS) is 22.9. The number of piperazine rings is 1. The Morgan fingerprint density at radius 3 is 2.36 bits per heavy atom. The van der Waals surface area contributed by atoms with Gasteiger partial charge in [-0.05, 0) is 25.7 Å². The van der Waals surface area contributed by atoms with Gasteiger partial charge in [0, 0.05) is 12.1 Å². The first-order valence-corrected chi connectivity index (χ1v) is 10.3. The van der Waals surface area contributed by atoms with E-state index in [2.05, 4.69) is 11.4 Å². The largest absolute Gasteiger partial charge is 0.493 e. The number of carbonyl (C=O) groups is 1. The Morgan fingerprint density at radius 1 is 1.11 bits per heavy atom. The number of nitrogens with one attached hydrogen (secondary N) is 3. The van der Waals surface area contributed by atoms with Crippen LogP contribution in [-0.2, 0) is 4.79 Å². The molecular formula is C21H32N4O3+2. The number of benzene rings is 1. The van der Waals surface area contributed by atoms with Crippen molar-refractivity contribution in [1.82, 2.24) is 0 Å². The van der Waals surface area contributed by atoms with Gasteiger partial charge in [0.2, 0.25) is 0 Å². The van der Waals surface area contributed by atoms with Gasteiger partial charge >= 0.3 is 0 Å². The van der Waals surface area contributed by atoms with E-state index in [0.29, 0.717) is 29.3 Å². The molecule has 1 heterocycles. The molecule has 1 amide bonds. The van der Waals surface area contributed by atoms with Gasteiger partial charge in [-0.1, -0.05) is 6.42 Å². The first-order chi connectivity index (χ1) is 13.6. The van der Waals surface area contributed by atoms with E-state index in [4.69, 9.17) is 9.47 Å². The lowest BCUT2D eigenvalue weighted by molar-refractivity contribution is -1.02. The molecule has 0 unspecified atom stereocenters. The molecule has 28 heavy (non-hydrogen) atoms. The predicted molar refractivity (Wildman–Crippen MR) is 106 cm³/mol. The summed E-state index contributed by atoms with van der Waals surface area (Å²) in [6.07, 6.45) is 6.87. The fourth-order valence-corrected chi connectivity index (χ4v) is 4.52. The minimum atomic E-state index is -0.0696. The zero-order chi connectivity index (χ0) is 19.9. The molecule has 1 saturated carbocycles. The third-order valence-corrected chi connectivity index (χ3v) is 6.11. The molecule has 0 atom stereocenters. The van der Waals surface area contributed by atoms with Gasteiger partial charge < -0.3 is 24.6 Å². The summed E-state index contributed by atoms with van der Waals surface area (Å²) in [5, 5.41) is 12.3. The van der Waals surface area contributed by atoms with Crippen LogP contribution in [0, 0.1) is 11.3 Å². The first kappa shape index (κ1) is 20.4. The summed E-state index contributed by atoms with van der Waals surface area (Å²) in [5.41, 5.74) is 0.837. The van der Waals surface area contributed by atoms with Gasteiger partial charge in [-0.25, -0.2) is 0 Å². The minimum Gasteiger partial charge on any atom is -0.493 e. The average Bonchev–Trinajstić information content (AvgIpc) is 2.74. The maximum atomic E-state index is 12.6. The summed E-state index contributed by atoms with van der Waals surface area (Å²) in [6.45, 7) is 4.77. The summed E-state index contributed by atoms with van der Waals surface area (Å²) in [5.74, 6) is 0.901. The number of anilines is 1. The second-order valence-electron chi connectivity index (χ2n) is 7.83. The molecule has 1 aromatic carbocycles. The number of quaternary nitrogens is 2. The van der Waals surface area contributed by atoms with E-state index in [1.807, 2.05) is 0 Å². The third kappa shape index (κ3) is 4.94. The van der Waals surface area contributed by atoms with Gasteiger partial charge in [-0.2, -0.15) is 5.26 Å². The van der Waals surface area contributed by atoms with Crippen LogP contribution >= 0.6 is 0 Å². The van der Waals surface area contributed by atoms with Crippen molar-refractivity contribution in [1.29, 1.82) is 5.26 Å². The van der Waals surface area contributed by atoms with E-state index in [9.17, 15) is 10.1 Å². The second-order valence-corrected chi connectivity index (χ2v) is 7.83. The Morgan fingerprint density at radius 2 is 1.75 bits per heavy atom. The molecule has 1 aromatic rings. The molecular weight excluding hydrogens is 356 g/mol. The smallest absolute Gasteiger partial charge is 0.279 e. The van der Waals surface area contributed by atoms with Crippen molar-refractivity contribution in [3.8, 4) is 17.6 Å². The molecule has 0 spiro atoms. The van der Waals surface area contributed by atoms with Gasteiger partial charge in [0.1, 0.15) is 32.2 Å². The number of ether oxygens (including phenoxy) is 2. The number of nitriles is 1. The second kappa shape index (κ2) is 9.76. The van der Waals surface area contributed by atoms with Crippen molar-refractivity contribution >= 4 is 11.6 Å². The Kier molecular flexibility index (Phi) is 7.12. The molecule has 0 aromatic heterocycles. The molecule has 3 N–H and O–H groups in total. The highest BCUT2D eigenvalue weighted by atomic mass is 16.5. The van der Waals surface area contributed by atoms with Crippen LogP contribution in [-0.4, -0.2) is 58.9 Å². The molecule has 2 aliphatic rings. The van der Waals surface area contributed by atoms with E-state index in [-0.39, 0.29) is 5.91 Å². The zero-order valence-electron chi connectivity index (χ0n) is 17.0. The highest BCUT2D eigenvalue weighted by Crippen LogP contribution is 2.32. The van der Waals surface area contributed by atoms with Gasteiger partial charge in [0.05, 0.1) is 31.5 Å². The molecule has 2 fully saturated rings. The van der Waals surface area contributed by atoms with Crippen molar-refractivity contribution in [3.63, 3.8) is 0 Å². The lowest BCUT2D eigenvalue weighted by Gasteiger charge is -2.36. The number of carbonyl (C=O) groups excluding carboxylic acids is 1. The molecule has 7 heteroatoms. The van der Waals surface area contributed by atoms with Gasteiger partial charge in [-0.15, -0.1) is 0 Å². The summed E-state index contributed by atoms with van der Waals surface area (Å²) >= 11 is 0. The highest BCUT2D eigenvalue weighted by molar-refractivity contribution is 5.93. The SMILES string of the molecule is COc1cc(C#N)c(NC(=O)C[NH+]2CC[NH+](C3CCCCC3)CC2)cc1OC. The molecule has 1 aliphatic heterocycles. The van der Waals surface area contributed by atoms with Crippen LogP contribution in [0.5, 0.6) is 11.5 Å². The molecule has 152 valence electrons. The van der Waals surface area contributed by atoms with Crippen molar-refractivity contribution in [2.75, 3.05) is 52.3 Å². The summed E-state index contributed by atoms with van der Waals surface area (Å²) in [7, 11) is 3.06. The molecule has 3 rings (SSSR count). The lowest BCUT2D eigenvalue weighted by Crippen LogP contribution is -3.30. The maximum Gasteiger partial charge on any atom is 0.279 e. The molecule has 1 saturated heterocycles. The topological polar surface area (TPSA) is 80.2 Å².